The number of rotatable bonds is 7. The lowest BCUT2D eigenvalue weighted by atomic mass is 9.93. The van der Waals surface area contributed by atoms with Gasteiger partial charge in [-0.05, 0) is 50.5 Å². The molecule has 2 atom stereocenters. The Kier molecular flexibility index (Phi) is 7.20. The summed E-state index contributed by atoms with van der Waals surface area (Å²) in [6, 6.07) is 5.04. The Morgan fingerprint density at radius 3 is 2.64 bits per heavy atom. The average Bonchev–Trinajstić information content (AvgIpc) is 3.05. The number of carbonyl (C=O) groups is 1. The van der Waals surface area contributed by atoms with Gasteiger partial charge in [-0.15, -0.1) is 0 Å². The zero-order valence-electron chi connectivity index (χ0n) is 16.8. The maximum Gasteiger partial charge on any atom is 0.333 e. The van der Waals surface area contributed by atoms with Crippen molar-refractivity contribution < 1.29 is 13.7 Å². The van der Waals surface area contributed by atoms with E-state index in [0.717, 1.165) is 16.7 Å². The SMILES string of the molecule is C=C(CC(NS(=O)C(C)(C)C)c1ccc(Cl)cc1-c1cnn(C)c1)C(=O)OC. The molecule has 0 amide bonds. The third-order valence-corrected chi connectivity index (χ3v) is 5.98. The zero-order valence-corrected chi connectivity index (χ0v) is 18.4. The maximum atomic E-state index is 12.8. The van der Waals surface area contributed by atoms with Crippen LogP contribution in [-0.2, 0) is 27.6 Å². The van der Waals surface area contributed by atoms with E-state index in [1.807, 2.05) is 46.1 Å². The molecule has 2 unspecified atom stereocenters. The van der Waals surface area contributed by atoms with Crippen LogP contribution in [0.25, 0.3) is 11.1 Å². The molecule has 0 radical (unpaired) electrons. The molecule has 0 saturated carbocycles. The summed E-state index contributed by atoms with van der Waals surface area (Å²) in [5, 5.41) is 4.80. The van der Waals surface area contributed by atoms with Crippen LogP contribution in [0.2, 0.25) is 5.02 Å². The summed E-state index contributed by atoms with van der Waals surface area (Å²) in [5.74, 6) is -0.495. The van der Waals surface area contributed by atoms with Gasteiger partial charge in [0.25, 0.3) is 0 Å². The van der Waals surface area contributed by atoms with Crippen molar-refractivity contribution in [3.8, 4) is 11.1 Å². The van der Waals surface area contributed by atoms with Gasteiger partial charge in [0.1, 0.15) is 0 Å². The van der Waals surface area contributed by atoms with Crippen molar-refractivity contribution >= 4 is 28.6 Å². The summed E-state index contributed by atoms with van der Waals surface area (Å²) >= 11 is 6.24. The second kappa shape index (κ2) is 9.03. The van der Waals surface area contributed by atoms with Gasteiger partial charge in [0.2, 0.25) is 0 Å². The van der Waals surface area contributed by atoms with Crippen LogP contribution < -0.4 is 4.72 Å². The van der Waals surface area contributed by atoms with Crippen LogP contribution in [0.4, 0.5) is 0 Å². The maximum absolute atomic E-state index is 12.8. The molecule has 0 fully saturated rings. The average molecular weight is 424 g/mol. The molecule has 0 bridgehead atoms. The standard InChI is InChI=1S/C20H26ClN3O3S/c1-13(19(25)27-6)9-18(23-28(26)20(2,3)4)16-8-7-15(21)10-17(16)14-11-22-24(5)12-14/h7-8,10-12,18,23H,1,9H2,2-6H3. The fourth-order valence-corrected chi connectivity index (χ4v) is 3.63. The van der Waals surface area contributed by atoms with E-state index in [1.54, 1.807) is 16.9 Å². The molecule has 1 aromatic heterocycles. The number of halogens is 1. The van der Waals surface area contributed by atoms with Gasteiger partial charge in [-0.1, -0.05) is 24.2 Å². The van der Waals surface area contributed by atoms with Crippen molar-refractivity contribution in [1.82, 2.24) is 14.5 Å². The molecule has 1 heterocycles. The second-order valence-corrected chi connectivity index (χ2v) is 9.92. The Labute approximate surface area is 173 Å². The number of carbonyl (C=O) groups excluding carboxylic acids is 1. The van der Waals surface area contributed by atoms with E-state index >= 15 is 0 Å². The molecule has 1 N–H and O–H groups in total. The fourth-order valence-electron chi connectivity index (χ4n) is 2.64. The van der Waals surface area contributed by atoms with Crippen molar-refractivity contribution in [3.63, 3.8) is 0 Å². The van der Waals surface area contributed by atoms with E-state index in [-0.39, 0.29) is 12.0 Å². The number of nitrogens with one attached hydrogen (secondary N) is 1. The third kappa shape index (κ3) is 5.53. The largest absolute Gasteiger partial charge is 0.466 e. The minimum atomic E-state index is -1.36. The lowest BCUT2D eigenvalue weighted by Gasteiger charge is -2.26. The molecule has 2 aromatic rings. The van der Waals surface area contributed by atoms with Gasteiger partial charge in [0.15, 0.2) is 0 Å². The molecule has 0 aliphatic heterocycles. The van der Waals surface area contributed by atoms with Gasteiger partial charge in [-0.3, -0.25) is 4.68 Å². The van der Waals surface area contributed by atoms with Gasteiger partial charge >= 0.3 is 5.97 Å². The van der Waals surface area contributed by atoms with Gasteiger partial charge in [-0.25, -0.2) is 13.7 Å². The molecule has 8 heteroatoms. The molecule has 1 aromatic carbocycles. The Hall–Kier alpha value is -1.96. The van der Waals surface area contributed by atoms with Gasteiger partial charge in [-0.2, -0.15) is 5.10 Å². The van der Waals surface area contributed by atoms with Gasteiger partial charge in [0, 0.05) is 35.4 Å². The van der Waals surface area contributed by atoms with E-state index in [9.17, 15) is 9.00 Å². The number of hydrogen-bond donors (Lipinski definition) is 1. The predicted molar refractivity (Wildman–Crippen MR) is 113 cm³/mol. The highest BCUT2D eigenvalue weighted by atomic mass is 35.5. The Balaban J connectivity index is 2.51. The van der Waals surface area contributed by atoms with Crippen molar-refractivity contribution in [1.29, 1.82) is 0 Å². The predicted octanol–water partition coefficient (Wildman–Crippen LogP) is 3.95. The summed E-state index contributed by atoms with van der Waals surface area (Å²) in [5.41, 5.74) is 2.86. The van der Waals surface area contributed by atoms with Crippen LogP contribution in [0, 0.1) is 0 Å². The molecule has 28 heavy (non-hydrogen) atoms. The van der Waals surface area contributed by atoms with E-state index in [1.165, 1.54) is 7.11 Å². The van der Waals surface area contributed by atoms with Crippen molar-refractivity contribution in [2.24, 2.45) is 7.05 Å². The Morgan fingerprint density at radius 1 is 1.43 bits per heavy atom. The number of aromatic nitrogens is 2. The number of hydrogen-bond acceptors (Lipinski definition) is 4. The van der Waals surface area contributed by atoms with Crippen LogP contribution >= 0.6 is 11.6 Å². The Morgan fingerprint density at radius 2 is 2.11 bits per heavy atom. The molecule has 2 rings (SSSR count). The van der Waals surface area contributed by atoms with Crippen LogP contribution in [0.1, 0.15) is 38.8 Å². The smallest absolute Gasteiger partial charge is 0.333 e. The minimum Gasteiger partial charge on any atom is -0.466 e. The fraction of sp³-hybridized carbons (Fsp3) is 0.400. The highest BCUT2D eigenvalue weighted by molar-refractivity contribution is 7.84. The zero-order chi connectivity index (χ0) is 21.1. The van der Waals surface area contributed by atoms with Gasteiger partial charge < -0.3 is 4.74 Å². The number of methoxy groups -OCH3 is 1. The summed E-state index contributed by atoms with van der Waals surface area (Å²) < 4.78 is 22.0. The van der Waals surface area contributed by atoms with Crippen LogP contribution in [0.15, 0.2) is 42.7 Å². The molecule has 0 spiro atoms. The lowest BCUT2D eigenvalue weighted by molar-refractivity contribution is -0.136. The first-order valence-electron chi connectivity index (χ1n) is 8.75. The number of ether oxygens (including phenoxy) is 1. The van der Waals surface area contributed by atoms with E-state index in [0.29, 0.717) is 5.02 Å². The normalized spacial score (nSPS) is 13.8. The first kappa shape index (κ1) is 22.3. The third-order valence-electron chi connectivity index (χ3n) is 4.14. The van der Waals surface area contributed by atoms with Crippen LogP contribution in [-0.4, -0.2) is 31.8 Å². The van der Waals surface area contributed by atoms with Gasteiger partial charge in [0.05, 0.1) is 29.0 Å². The Bertz CT molecular complexity index is 902. The van der Waals surface area contributed by atoms with Crippen LogP contribution in [0.5, 0.6) is 0 Å². The summed E-state index contributed by atoms with van der Waals surface area (Å²) in [6.45, 7) is 9.47. The van der Waals surface area contributed by atoms with Crippen LogP contribution in [0.3, 0.4) is 0 Å². The number of benzene rings is 1. The highest BCUT2D eigenvalue weighted by Crippen LogP contribution is 2.34. The molecule has 0 saturated heterocycles. The summed E-state index contributed by atoms with van der Waals surface area (Å²) in [7, 11) is 1.78. The molecule has 0 aliphatic carbocycles. The molecule has 6 nitrogen and oxygen atoms in total. The topological polar surface area (TPSA) is 73.2 Å². The van der Waals surface area contributed by atoms with E-state index in [2.05, 4.69) is 16.4 Å². The van der Waals surface area contributed by atoms with Crippen molar-refractivity contribution in [2.45, 2.75) is 38.0 Å². The monoisotopic (exact) mass is 423 g/mol. The first-order valence-corrected chi connectivity index (χ1v) is 10.3. The number of aryl methyl sites for hydroxylation is 1. The quantitative estimate of drug-likeness (QED) is 0.540. The molecular formula is C20H26ClN3O3S. The minimum absolute atomic E-state index is 0.239. The number of esters is 1. The number of nitrogens with zero attached hydrogens (tertiary/aromatic N) is 2. The summed E-state index contributed by atoms with van der Waals surface area (Å²) in [4.78, 5) is 11.9. The van der Waals surface area contributed by atoms with E-state index in [4.69, 9.17) is 16.3 Å². The molecule has 0 aliphatic rings. The second-order valence-electron chi connectivity index (χ2n) is 7.49. The molecule has 152 valence electrons. The highest BCUT2D eigenvalue weighted by Gasteiger charge is 2.27. The van der Waals surface area contributed by atoms with Crippen molar-refractivity contribution in [2.75, 3.05) is 7.11 Å². The van der Waals surface area contributed by atoms with E-state index < -0.39 is 27.7 Å². The summed E-state index contributed by atoms with van der Waals surface area (Å²) in [6.07, 6.45) is 3.85. The first-order chi connectivity index (χ1) is 13.0. The van der Waals surface area contributed by atoms with Crippen molar-refractivity contribution in [3.05, 3.63) is 53.3 Å². The lowest BCUT2D eigenvalue weighted by Crippen LogP contribution is -2.36. The molecular weight excluding hydrogens is 398 g/mol.